The summed E-state index contributed by atoms with van der Waals surface area (Å²) in [5, 5.41) is 0.803. The van der Waals surface area contributed by atoms with Crippen LogP contribution in [0.5, 0.6) is 0 Å². The molecule has 1 aliphatic rings. The SMILES string of the molecule is O=CC1=C(Cl)CCCCCCCC1. The van der Waals surface area contributed by atoms with Crippen molar-refractivity contribution in [3.05, 3.63) is 10.6 Å². The summed E-state index contributed by atoms with van der Waals surface area (Å²) in [5.74, 6) is 0. The molecule has 13 heavy (non-hydrogen) atoms. The van der Waals surface area contributed by atoms with Gasteiger partial charge < -0.3 is 0 Å². The fourth-order valence-electron chi connectivity index (χ4n) is 1.72. The molecule has 0 aromatic rings. The normalized spacial score (nSPS) is 21.3. The highest BCUT2D eigenvalue weighted by atomic mass is 35.5. The molecule has 2 heteroatoms. The molecule has 0 saturated carbocycles. The average molecular weight is 201 g/mol. The first-order valence-corrected chi connectivity index (χ1v) is 5.55. The summed E-state index contributed by atoms with van der Waals surface area (Å²) in [4.78, 5) is 10.7. The zero-order valence-corrected chi connectivity index (χ0v) is 8.78. The van der Waals surface area contributed by atoms with E-state index in [9.17, 15) is 4.79 Å². The van der Waals surface area contributed by atoms with Crippen LogP contribution in [0.1, 0.15) is 51.4 Å². The maximum atomic E-state index is 10.7. The van der Waals surface area contributed by atoms with Crippen LogP contribution in [0.25, 0.3) is 0 Å². The standard InChI is InChI=1S/C11H17ClO/c12-11-8-6-4-2-1-3-5-7-10(11)9-13/h9H,1-8H2. The van der Waals surface area contributed by atoms with Crippen LogP contribution < -0.4 is 0 Å². The lowest BCUT2D eigenvalue weighted by Gasteiger charge is -2.08. The van der Waals surface area contributed by atoms with Crippen LogP contribution in [0.4, 0.5) is 0 Å². The quantitative estimate of drug-likeness (QED) is 0.589. The van der Waals surface area contributed by atoms with E-state index in [-0.39, 0.29) is 0 Å². The lowest BCUT2D eigenvalue weighted by Crippen LogP contribution is -1.93. The Morgan fingerprint density at radius 3 is 2.08 bits per heavy atom. The summed E-state index contributed by atoms with van der Waals surface area (Å²) in [5.41, 5.74) is 0.837. The van der Waals surface area contributed by atoms with Crippen LogP contribution in [-0.2, 0) is 4.79 Å². The second-order valence-electron chi connectivity index (χ2n) is 3.67. The van der Waals surface area contributed by atoms with Gasteiger partial charge in [0.2, 0.25) is 0 Å². The van der Waals surface area contributed by atoms with Gasteiger partial charge in [-0.3, -0.25) is 4.79 Å². The van der Waals surface area contributed by atoms with E-state index < -0.39 is 0 Å². The summed E-state index contributed by atoms with van der Waals surface area (Å²) >= 11 is 6.03. The van der Waals surface area contributed by atoms with Crippen LogP contribution in [0, 0.1) is 0 Å². The van der Waals surface area contributed by atoms with E-state index in [0.717, 1.165) is 42.6 Å². The van der Waals surface area contributed by atoms with Gasteiger partial charge in [0.25, 0.3) is 0 Å². The third-order valence-corrected chi connectivity index (χ3v) is 3.01. The molecule has 0 saturated heterocycles. The molecule has 0 aliphatic heterocycles. The first kappa shape index (κ1) is 10.8. The van der Waals surface area contributed by atoms with Crippen LogP contribution in [0.3, 0.4) is 0 Å². The van der Waals surface area contributed by atoms with Crippen molar-refractivity contribution in [1.82, 2.24) is 0 Å². The summed E-state index contributed by atoms with van der Waals surface area (Å²) in [6.45, 7) is 0. The monoisotopic (exact) mass is 200 g/mol. The smallest absolute Gasteiger partial charge is 0.147 e. The largest absolute Gasteiger partial charge is 0.298 e. The molecule has 0 aromatic heterocycles. The fourth-order valence-corrected chi connectivity index (χ4v) is 1.99. The molecule has 0 bridgehead atoms. The minimum atomic E-state index is 0.803. The van der Waals surface area contributed by atoms with Crippen molar-refractivity contribution >= 4 is 17.9 Å². The Morgan fingerprint density at radius 2 is 1.46 bits per heavy atom. The van der Waals surface area contributed by atoms with E-state index >= 15 is 0 Å². The highest BCUT2D eigenvalue weighted by Gasteiger charge is 2.05. The van der Waals surface area contributed by atoms with Gasteiger partial charge in [0.05, 0.1) is 0 Å². The van der Waals surface area contributed by atoms with Gasteiger partial charge in [-0.05, 0) is 25.7 Å². The second kappa shape index (κ2) is 6.20. The van der Waals surface area contributed by atoms with Crippen molar-refractivity contribution in [3.8, 4) is 0 Å². The van der Waals surface area contributed by atoms with E-state index in [2.05, 4.69) is 0 Å². The summed E-state index contributed by atoms with van der Waals surface area (Å²) in [6.07, 6.45) is 10.1. The predicted octanol–water partition coefficient (Wildman–Crippen LogP) is 3.81. The second-order valence-corrected chi connectivity index (χ2v) is 4.13. The molecule has 0 heterocycles. The number of carbonyl (C=O) groups excluding carboxylic acids is 1. The molecule has 0 spiro atoms. The molecular weight excluding hydrogens is 184 g/mol. The van der Waals surface area contributed by atoms with Crippen LogP contribution >= 0.6 is 11.6 Å². The zero-order valence-electron chi connectivity index (χ0n) is 8.02. The number of hydrogen-bond donors (Lipinski definition) is 0. The van der Waals surface area contributed by atoms with Gasteiger partial charge in [-0.1, -0.05) is 37.3 Å². The summed E-state index contributed by atoms with van der Waals surface area (Å²) < 4.78 is 0. The van der Waals surface area contributed by atoms with E-state index in [1.807, 2.05) is 0 Å². The number of hydrogen-bond acceptors (Lipinski definition) is 1. The fraction of sp³-hybridized carbons (Fsp3) is 0.727. The van der Waals surface area contributed by atoms with Gasteiger partial charge in [-0.25, -0.2) is 0 Å². The molecule has 1 aliphatic carbocycles. The summed E-state index contributed by atoms with van der Waals surface area (Å²) in [7, 11) is 0. The molecule has 74 valence electrons. The number of rotatable bonds is 1. The van der Waals surface area contributed by atoms with Crippen molar-refractivity contribution in [2.45, 2.75) is 51.4 Å². The van der Waals surface area contributed by atoms with Crippen LogP contribution in [0.15, 0.2) is 10.6 Å². The van der Waals surface area contributed by atoms with Crippen molar-refractivity contribution in [1.29, 1.82) is 0 Å². The van der Waals surface area contributed by atoms with Gasteiger partial charge in [0.1, 0.15) is 6.29 Å². The molecule has 0 fully saturated rings. The molecule has 0 unspecified atom stereocenters. The lowest BCUT2D eigenvalue weighted by molar-refractivity contribution is -0.105. The van der Waals surface area contributed by atoms with Crippen LogP contribution in [0.2, 0.25) is 0 Å². The van der Waals surface area contributed by atoms with Gasteiger partial charge in [0.15, 0.2) is 0 Å². The van der Waals surface area contributed by atoms with Gasteiger partial charge in [-0.15, -0.1) is 0 Å². The molecule has 1 rings (SSSR count). The molecule has 0 radical (unpaired) electrons. The van der Waals surface area contributed by atoms with Gasteiger partial charge >= 0.3 is 0 Å². The lowest BCUT2D eigenvalue weighted by atomic mass is 10.0. The Bertz CT molecular complexity index is 196. The molecule has 0 atom stereocenters. The van der Waals surface area contributed by atoms with Crippen molar-refractivity contribution in [3.63, 3.8) is 0 Å². The Kier molecular flexibility index (Phi) is 5.14. The predicted molar refractivity (Wildman–Crippen MR) is 55.9 cm³/mol. The highest BCUT2D eigenvalue weighted by Crippen LogP contribution is 2.23. The molecule has 0 amide bonds. The molecule has 1 nitrogen and oxygen atoms in total. The zero-order chi connectivity index (χ0) is 9.52. The van der Waals surface area contributed by atoms with E-state index in [1.54, 1.807) is 0 Å². The number of carbonyl (C=O) groups is 1. The van der Waals surface area contributed by atoms with E-state index in [4.69, 9.17) is 11.6 Å². The highest BCUT2D eigenvalue weighted by molar-refractivity contribution is 6.31. The summed E-state index contributed by atoms with van der Waals surface area (Å²) in [6, 6.07) is 0. The number of aldehydes is 1. The average Bonchev–Trinajstić information content (AvgIpc) is 2.16. The third kappa shape index (κ3) is 3.95. The van der Waals surface area contributed by atoms with Gasteiger partial charge in [-0.2, -0.15) is 0 Å². The first-order chi connectivity index (χ1) is 6.34. The molecular formula is C11H17ClO. The maximum Gasteiger partial charge on any atom is 0.147 e. The van der Waals surface area contributed by atoms with Crippen molar-refractivity contribution in [2.75, 3.05) is 0 Å². The Balaban J connectivity index is 2.55. The Morgan fingerprint density at radius 1 is 0.923 bits per heavy atom. The number of allylic oxidation sites excluding steroid dienone is 2. The van der Waals surface area contributed by atoms with Crippen molar-refractivity contribution < 1.29 is 4.79 Å². The topological polar surface area (TPSA) is 17.1 Å². The van der Waals surface area contributed by atoms with Gasteiger partial charge in [0, 0.05) is 10.6 Å². The Labute approximate surface area is 85.2 Å². The van der Waals surface area contributed by atoms with Crippen molar-refractivity contribution in [2.24, 2.45) is 0 Å². The Hall–Kier alpha value is -0.300. The minimum Gasteiger partial charge on any atom is -0.298 e. The number of halogens is 1. The third-order valence-electron chi connectivity index (χ3n) is 2.58. The first-order valence-electron chi connectivity index (χ1n) is 5.17. The van der Waals surface area contributed by atoms with Crippen LogP contribution in [-0.4, -0.2) is 6.29 Å². The van der Waals surface area contributed by atoms with E-state index in [1.165, 1.54) is 25.7 Å². The molecule has 0 aromatic carbocycles. The maximum absolute atomic E-state index is 10.7. The molecule has 0 N–H and O–H groups in total. The van der Waals surface area contributed by atoms with E-state index in [0.29, 0.717) is 0 Å². The minimum absolute atomic E-state index is 0.803.